The fraction of sp³-hybridized carbons (Fsp3) is 0.250. The monoisotopic (exact) mass is 287 g/mol. The van der Waals surface area contributed by atoms with E-state index < -0.39 is 0 Å². The summed E-state index contributed by atoms with van der Waals surface area (Å²) in [5.41, 5.74) is 15.7. The summed E-state index contributed by atoms with van der Waals surface area (Å²) >= 11 is 0. The lowest BCUT2D eigenvalue weighted by Crippen LogP contribution is -2.29. The molecule has 0 amide bonds. The first-order valence-corrected chi connectivity index (χ1v) is 6.88. The number of nitrogens with two attached hydrogens (primary N) is 2. The van der Waals surface area contributed by atoms with Crippen LogP contribution in [0.5, 0.6) is 0 Å². The van der Waals surface area contributed by atoms with Crippen molar-refractivity contribution < 1.29 is 10.2 Å². The normalized spacial score (nSPS) is 10.6. The highest BCUT2D eigenvalue weighted by molar-refractivity contribution is 5.75. The fourth-order valence-electron chi connectivity index (χ4n) is 2.23. The van der Waals surface area contributed by atoms with Crippen molar-refractivity contribution in [2.45, 2.75) is 0 Å². The van der Waals surface area contributed by atoms with E-state index in [1.165, 1.54) is 0 Å². The van der Waals surface area contributed by atoms with Crippen molar-refractivity contribution in [2.75, 3.05) is 42.7 Å². The molecule has 0 aliphatic carbocycles. The van der Waals surface area contributed by atoms with E-state index >= 15 is 0 Å². The first-order chi connectivity index (χ1) is 10.2. The van der Waals surface area contributed by atoms with Gasteiger partial charge >= 0.3 is 0 Å². The molecule has 112 valence electrons. The minimum atomic E-state index is 0.0518. The Morgan fingerprint density at radius 1 is 0.762 bits per heavy atom. The van der Waals surface area contributed by atoms with Crippen LogP contribution in [0.15, 0.2) is 42.5 Å². The number of aliphatic hydroxyl groups is 2. The molecule has 0 heterocycles. The van der Waals surface area contributed by atoms with Crippen LogP contribution >= 0.6 is 0 Å². The number of aliphatic hydroxyl groups excluding tert-OH is 2. The van der Waals surface area contributed by atoms with Gasteiger partial charge in [0.25, 0.3) is 0 Å². The molecule has 0 aromatic heterocycles. The molecule has 0 aliphatic heterocycles. The first-order valence-electron chi connectivity index (χ1n) is 6.88. The third-order valence-electron chi connectivity index (χ3n) is 3.39. The fourth-order valence-corrected chi connectivity index (χ4v) is 2.23. The molecular formula is C16H21N3O2. The molecule has 0 saturated carbocycles. The van der Waals surface area contributed by atoms with Crippen LogP contribution in [0, 0.1) is 0 Å². The lowest BCUT2D eigenvalue weighted by Gasteiger charge is -2.23. The van der Waals surface area contributed by atoms with Gasteiger partial charge in [0.1, 0.15) is 0 Å². The number of hydrogen-bond acceptors (Lipinski definition) is 5. The van der Waals surface area contributed by atoms with Crippen LogP contribution < -0.4 is 16.4 Å². The molecular weight excluding hydrogens is 266 g/mol. The zero-order chi connectivity index (χ0) is 15.2. The highest BCUT2D eigenvalue weighted by atomic mass is 16.3. The molecule has 0 atom stereocenters. The third kappa shape index (κ3) is 3.65. The van der Waals surface area contributed by atoms with Gasteiger partial charge in [-0.15, -0.1) is 0 Å². The largest absolute Gasteiger partial charge is 0.397 e. The number of nitrogens with zero attached hydrogens (tertiary/aromatic N) is 1. The van der Waals surface area contributed by atoms with Crippen LogP contribution in [0.25, 0.3) is 11.1 Å². The van der Waals surface area contributed by atoms with Gasteiger partial charge in [0.05, 0.1) is 24.6 Å². The van der Waals surface area contributed by atoms with Gasteiger partial charge in [-0.3, -0.25) is 0 Å². The molecule has 0 aliphatic rings. The summed E-state index contributed by atoms with van der Waals surface area (Å²) < 4.78 is 0. The summed E-state index contributed by atoms with van der Waals surface area (Å²) in [6.45, 7) is 1.09. The van der Waals surface area contributed by atoms with E-state index in [0.717, 1.165) is 16.8 Å². The predicted molar refractivity (Wildman–Crippen MR) is 87.1 cm³/mol. The molecule has 2 aromatic carbocycles. The van der Waals surface area contributed by atoms with E-state index in [4.69, 9.17) is 21.7 Å². The topological polar surface area (TPSA) is 95.7 Å². The molecule has 0 fully saturated rings. The van der Waals surface area contributed by atoms with Crippen molar-refractivity contribution in [2.24, 2.45) is 0 Å². The van der Waals surface area contributed by atoms with Crippen LogP contribution in [-0.2, 0) is 0 Å². The van der Waals surface area contributed by atoms with E-state index in [1.54, 1.807) is 6.07 Å². The summed E-state index contributed by atoms with van der Waals surface area (Å²) in [5, 5.41) is 18.1. The van der Waals surface area contributed by atoms with E-state index in [2.05, 4.69) is 0 Å². The Morgan fingerprint density at radius 3 is 1.86 bits per heavy atom. The van der Waals surface area contributed by atoms with Crippen molar-refractivity contribution in [1.82, 2.24) is 0 Å². The molecule has 6 N–H and O–H groups in total. The summed E-state index contributed by atoms with van der Waals surface area (Å²) in [4.78, 5) is 1.93. The number of benzene rings is 2. The SMILES string of the molecule is Nc1ccc(-c2ccc(N(CCO)CCO)cc2)cc1N. The predicted octanol–water partition coefficient (Wildman–Crippen LogP) is 1.31. The Kier molecular flexibility index (Phi) is 5.03. The molecule has 2 rings (SSSR count). The maximum Gasteiger partial charge on any atom is 0.0606 e. The zero-order valence-corrected chi connectivity index (χ0v) is 11.9. The Hall–Kier alpha value is -2.24. The molecule has 0 spiro atoms. The van der Waals surface area contributed by atoms with Gasteiger partial charge in [-0.25, -0.2) is 0 Å². The zero-order valence-electron chi connectivity index (χ0n) is 11.9. The van der Waals surface area contributed by atoms with E-state index in [1.807, 2.05) is 41.3 Å². The first kappa shape index (κ1) is 15.2. The maximum absolute atomic E-state index is 9.06. The lowest BCUT2D eigenvalue weighted by atomic mass is 10.0. The van der Waals surface area contributed by atoms with Crippen molar-refractivity contribution in [3.63, 3.8) is 0 Å². The minimum absolute atomic E-state index is 0.0518. The second-order valence-corrected chi connectivity index (χ2v) is 4.82. The van der Waals surface area contributed by atoms with E-state index in [9.17, 15) is 0 Å². The smallest absolute Gasteiger partial charge is 0.0606 e. The standard InChI is InChI=1S/C16H21N3O2/c17-15-6-3-13(11-16(15)18)12-1-4-14(5-2-12)19(7-9-20)8-10-21/h1-6,11,20-21H,7-10,17-18H2. The summed E-state index contributed by atoms with van der Waals surface area (Å²) in [5.74, 6) is 0. The van der Waals surface area contributed by atoms with E-state index in [0.29, 0.717) is 24.5 Å². The minimum Gasteiger partial charge on any atom is -0.397 e. The van der Waals surface area contributed by atoms with Gasteiger partial charge in [-0.2, -0.15) is 0 Å². The average molecular weight is 287 g/mol. The molecule has 2 aromatic rings. The van der Waals surface area contributed by atoms with Gasteiger partial charge in [0.2, 0.25) is 0 Å². The lowest BCUT2D eigenvalue weighted by molar-refractivity contribution is 0.281. The van der Waals surface area contributed by atoms with Gasteiger partial charge in [-0.05, 0) is 35.4 Å². The second-order valence-electron chi connectivity index (χ2n) is 4.82. The molecule has 0 saturated heterocycles. The Morgan fingerprint density at radius 2 is 1.33 bits per heavy atom. The highest BCUT2D eigenvalue weighted by Gasteiger charge is 2.06. The Labute approximate surface area is 124 Å². The maximum atomic E-state index is 9.06. The highest BCUT2D eigenvalue weighted by Crippen LogP contribution is 2.27. The summed E-state index contributed by atoms with van der Waals surface area (Å²) in [6.07, 6.45) is 0. The molecule has 0 bridgehead atoms. The summed E-state index contributed by atoms with van der Waals surface area (Å²) in [6, 6.07) is 13.5. The van der Waals surface area contributed by atoms with Crippen LogP contribution in [0.1, 0.15) is 0 Å². The Balaban J connectivity index is 2.22. The van der Waals surface area contributed by atoms with Crippen molar-refractivity contribution >= 4 is 17.1 Å². The molecule has 5 nitrogen and oxygen atoms in total. The van der Waals surface area contributed by atoms with Crippen LogP contribution in [0.3, 0.4) is 0 Å². The molecule has 0 unspecified atom stereocenters. The van der Waals surface area contributed by atoms with Gasteiger partial charge in [0, 0.05) is 18.8 Å². The van der Waals surface area contributed by atoms with Gasteiger partial charge in [-0.1, -0.05) is 18.2 Å². The van der Waals surface area contributed by atoms with Crippen LogP contribution in [0.2, 0.25) is 0 Å². The average Bonchev–Trinajstić information content (AvgIpc) is 2.50. The number of nitrogen functional groups attached to an aromatic ring is 2. The van der Waals surface area contributed by atoms with Crippen molar-refractivity contribution in [3.8, 4) is 11.1 Å². The van der Waals surface area contributed by atoms with Crippen molar-refractivity contribution in [3.05, 3.63) is 42.5 Å². The second kappa shape index (κ2) is 6.97. The molecule has 21 heavy (non-hydrogen) atoms. The van der Waals surface area contributed by atoms with Gasteiger partial charge in [0.15, 0.2) is 0 Å². The van der Waals surface area contributed by atoms with Crippen LogP contribution in [-0.4, -0.2) is 36.5 Å². The Bertz CT molecular complexity index is 579. The van der Waals surface area contributed by atoms with Crippen LogP contribution in [0.4, 0.5) is 17.1 Å². The quantitative estimate of drug-likeness (QED) is 0.601. The number of rotatable bonds is 6. The number of anilines is 3. The van der Waals surface area contributed by atoms with Crippen molar-refractivity contribution in [1.29, 1.82) is 0 Å². The van der Waals surface area contributed by atoms with E-state index in [-0.39, 0.29) is 13.2 Å². The number of hydrogen-bond donors (Lipinski definition) is 4. The van der Waals surface area contributed by atoms with Gasteiger partial charge < -0.3 is 26.6 Å². The molecule has 0 radical (unpaired) electrons. The molecule has 5 heteroatoms. The third-order valence-corrected chi connectivity index (χ3v) is 3.39. The summed E-state index contributed by atoms with van der Waals surface area (Å²) in [7, 11) is 0.